The molecule has 0 spiro atoms. The van der Waals surface area contributed by atoms with Crippen LogP contribution in [0.5, 0.6) is 0 Å². The van der Waals surface area contributed by atoms with E-state index in [-0.39, 0.29) is 10.9 Å². The SMILES string of the molecule is O=C(O)[C@@H]1C[C@H]2CC[C@H]1N2S(=O)(=O)c1ccc2ncsc2c1. The fraction of sp³-hybridized carbons (Fsp3) is 0.429. The van der Waals surface area contributed by atoms with E-state index in [1.807, 2.05) is 0 Å². The first-order chi connectivity index (χ1) is 10.5. The predicted octanol–water partition coefficient (Wildman–Crippen LogP) is 1.92. The average molecular weight is 338 g/mol. The lowest BCUT2D eigenvalue weighted by atomic mass is 9.89. The van der Waals surface area contributed by atoms with Gasteiger partial charge < -0.3 is 5.11 Å². The summed E-state index contributed by atoms with van der Waals surface area (Å²) in [4.78, 5) is 15.7. The Morgan fingerprint density at radius 3 is 2.91 bits per heavy atom. The number of aromatic nitrogens is 1. The minimum Gasteiger partial charge on any atom is -0.481 e. The summed E-state index contributed by atoms with van der Waals surface area (Å²) in [7, 11) is -3.66. The highest BCUT2D eigenvalue weighted by Gasteiger charge is 2.54. The quantitative estimate of drug-likeness (QED) is 0.924. The van der Waals surface area contributed by atoms with Gasteiger partial charge in [-0.05, 0) is 37.5 Å². The van der Waals surface area contributed by atoms with Gasteiger partial charge in [0, 0.05) is 12.1 Å². The first-order valence-electron chi connectivity index (χ1n) is 7.08. The van der Waals surface area contributed by atoms with Crippen molar-refractivity contribution in [1.82, 2.24) is 9.29 Å². The van der Waals surface area contributed by atoms with Crippen molar-refractivity contribution in [3.8, 4) is 0 Å². The summed E-state index contributed by atoms with van der Waals surface area (Å²) in [5, 5.41) is 9.27. The Morgan fingerprint density at radius 2 is 2.18 bits per heavy atom. The molecule has 1 aromatic heterocycles. The summed E-state index contributed by atoms with van der Waals surface area (Å²) in [5.74, 6) is -1.48. The number of nitrogens with zero attached hydrogens (tertiary/aromatic N) is 2. The maximum atomic E-state index is 12.9. The highest BCUT2D eigenvalue weighted by atomic mass is 32.2. The van der Waals surface area contributed by atoms with Gasteiger partial charge in [0.2, 0.25) is 10.0 Å². The van der Waals surface area contributed by atoms with E-state index < -0.39 is 28.0 Å². The summed E-state index contributed by atoms with van der Waals surface area (Å²) >= 11 is 1.39. The molecule has 2 aromatic rings. The number of hydrogen-bond donors (Lipinski definition) is 1. The van der Waals surface area contributed by atoms with Crippen LogP contribution in [0.1, 0.15) is 19.3 Å². The number of carboxylic acids is 1. The zero-order chi connectivity index (χ0) is 15.5. The Kier molecular flexibility index (Phi) is 3.04. The molecule has 2 fully saturated rings. The smallest absolute Gasteiger partial charge is 0.308 e. The number of hydrogen-bond acceptors (Lipinski definition) is 5. The number of sulfonamides is 1. The molecule has 2 aliphatic rings. The van der Waals surface area contributed by atoms with Crippen LogP contribution in [0.25, 0.3) is 10.2 Å². The van der Waals surface area contributed by atoms with Crippen LogP contribution in [0, 0.1) is 5.92 Å². The fourth-order valence-corrected chi connectivity index (χ4v) is 6.43. The molecule has 22 heavy (non-hydrogen) atoms. The van der Waals surface area contributed by atoms with Crippen LogP contribution in [-0.4, -0.2) is 40.9 Å². The van der Waals surface area contributed by atoms with Gasteiger partial charge in [0.15, 0.2) is 0 Å². The number of benzene rings is 1. The van der Waals surface area contributed by atoms with Crippen molar-refractivity contribution in [3.05, 3.63) is 23.7 Å². The van der Waals surface area contributed by atoms with Crippen molar-refractivity contribution in [1.29, 1.82) is 0 Å². The first kappa shape index (κ1) is 14.1. The lowest BCUT2D eigenvalue weighted by Gasteiger charge is -2.22. The molecule has 4 rings (SSSR count). The number of carboxylic acid groups (broad SMARTS) is 1. The highest BCUT2D eigenvalue weighted by molar-refractivity contribution is 7.89. The maximum absolute atomic E-state index is 12.9. The van der Waals surface area contributed by atoms with Crippen molar-refractivity contribution < 1.29 is 18.3 Å². The summed E-state index contributed by atoms with van der Waals surface area (Å²) in [6.45, 7) is 0. The molecule has 0 radical (unpaired) electrons. The van der Waals surface area contributed by atoms with Crippen molar-refractivity contribution >= 4 is 37.5 Å². The minimum atomic E-state index is -3.66. The second kappa shape index (κ2) is 4.74. The van der Waals surface area contributed by atoms with E-state index in [1.165, 1.54) is 15.6 Å². The standard InChI is InChI=1S/C14H14N2O4S2/c17-14(18)10-5-8-1-4-12(10)16(8)22(19,20)9-2-3-11-13(6-9)21-7-15-11/h2-3,6-8,10,12H,1,4-5H2,(H,17,18)/t8-,10-,12-/m1/s1. The molecule has 2 bridgehead atoms. The van der Waals surface area contributed by atoms with E-state index >= 15 is 0 Å². The highest BCUT2D eigenvalue weighted by Crippen LogP contribution is 2.45. The molecule has 1 aromatic carbocycles. The second-order valence-electron chi connectivity index (χ2n) is 5.80. The van der Waals surface area contributed by atoms with Gasteiger partial charge in [-0.2, -0.15) is 4.31 Å². The number of fused-ring (bicyclic) bond motifs is 3. The molecule has 0 aliphatic carbocycles. The normalized spacial score (nSPS) is 28.5. The predicted molar refractivity (Wildman–Crippen MR) is 81.2 cm³/mol. The molecule has 8 heteroatoms. The topological polar surface area (TPSA) is 87.6 Å². The monoisotopic (exact) mass is 338 g/mol. The lowest BCUT2D eigenvalue weighted by Crippen LogP contribution is -2.37. The van der Waals surface area contributed by atoms with Crippen LogP contribution in [0.15, 0.2) is 28.6 Å². The van der Waals surface area contributed by atoms with Gasteiger partial charge in [-0.3, -0.25) is 4.79 Å². The van der Waals surface area contributed by atoms with Crippen molar-refractivity contribution in [2.45, 2.75) is 36.2 Å². The minimum absolute atomic E-state index is 0.187. The third kappa shape index (κ3) is 1.90. The van der Waals surface area contributed by atoms with Crippen LogP contribution in [0.3, 0.4) is 0 Å². The van der Waals surface area contributed by atoms with Gasteiger partial charge in [-0.1, -0.05) is 0 Å². The summed E-state index contributed by atoms with van der Waals surface area (Å²) in [5.41, 5.74) is 2.46. The molecule has 2 aliphatic heterocycles. The molecule has 0 amide bonds. The Balaban J connectivity index is 1.76. The molecular formula is C14H14N2O4S2. The zero-order valence-electron chi connectivity index (χ0n) is 11.5. The van der Waals surface area contributed by atoms with Gasteiger partial charge in [0.1, 0.15) is 0 Å². The van der Waals surface area contributed by atoms with E-state index in [0.717, 1.165) is 16.6 Å². The molecule has 3 heterocycles. The number of thiazole rings is 1. The largest absolute Gasteiger partial charge is 0.481 e. The van der Waals surface area contributed by atoms with Gasteiger partial charge in [-0.15, -0.1) is 11.3 Å². The van der Waals surface area contributed by atoms with Gasteiger partial charge in [-0.25, -0.2) is 13.4 Å². The third-order valence-corrected chi connectivity index (χ3v) is 7.43. The second-order valence-corrected chi connectivity index (χ2v) is 8.53. The zero-order valence-corrected chi connectivity index (χ0v) is 13.2. The summed E-state index contributed by atoms with van der Waals surface area (Å²) in [6.07, 6.45) is 1.79. The van der Waals surface area contributed by atoms with Gasteiger partial charge >= 0.3 is 5.97 Å². The molecule has 2 saturated heterocycles. The maximum Gasteiger partial charge on any atom is 0.308 e. The summed E-state index contributed by atoms with van der Waals surface area (Å²) < 4.78 is 28.2. The molecule has 3 atom stereocenters. The molecule has 0 saturated carbocycles. The third-order valence-electron chi connectivity index (χ3n) is 4.67. The number of rotatable bonds is 3. The molecule has 116 valence electrons. The Hall–Kier alpha value is -1.51. The van der Waals surface area contributed by atoms with Crippen LogP contribution in [-0.2, 0) is 14.8 Å². The van der Waals surface area contributed by atoms with E-state index in [2.05, 4.69) is 4.98 Å². The van der Waals surface area contributed by atoms with E-state index in [0.29, 0.717) is 12.8 Å². The molecular weight excluding hydrogens is 324 g/mol. The summed E-state index contributed by atoms with van der Waals surface area (Å²) in [6, 6.07) is 4.30. The van der Waals surface area contributed by atoms with Crippen molar-refractivity contribution in [2.24, 2.45) is 5.92 Å². The van der Waals surface area contributed by atoms with Crippen LogP contribution >= 0.6 is 11.3 Å². The van der Waals surface area contributed by atoms with E-state index in [4.69, 9.17) is 0 Å². The van der Waals surface area contributed by atoms with E-state index in [1.54, 1.807) is 23.7 Å². The Bertz CT molecular complexity index is 861. The van der Waals surface area contributed by atoms with Crippen LogP contribution in [0.2, 0.25) is 0 Å². The molecule has 6 nitrogen and oxygen atoms in total. The lowest BCUT2D eigenvalue weighted by molar-refractivity contribution is -0.142. The van der Waals surface area contributed by atoms with Gasteiger partial charge in [0.05, 0.1) is 26.5 Å². The fourth-order valence-electron chi connectivity index (χ4n) is 3.70. The van der Waals surface area contributed by atoms with Crippen LogP contribution in [0.4, 0.5) is 0 Å². The molecule has 0 unspecified atom stereocenters. The first-order valence-corrected chi connectivity index (χ1v) is 9.40. The number of aliphatic carboxylic acids is 1. The van der Waals surface area contributed by atoms with Crippen LogP contribution < -0.4 is 0 Å². The average Bonchev–Trinajstić information content (AvgIpc) is 3.19. The van der Waals surface area contributed by atoms with Crippen molar-refractivity contribution in [3.63, 3.8) is 0 Å². The van der Waals surface area contributed by atoms with Gasteiger partial charge in [0.25, 0.3) is 0 Å². The molecule has 1 N–H and O–H groups in total. The van der Waals surface area contributed by atoms with Crippen molar-refractivity contribution in [2.75, 3.05) is 0 Å². The van der Waals surface area contributed by atoms with E-state index in [9.17, 15) is 18.3 Å². The number of carbonyl (C=O) groups is 1. The Labute approximate surface area is 131 Å². The Morgan fingerprint density at radius 1 is 1.36 bits per heavy atom.